The molecule has 0 bridgehead atoms. The van der Waals surface area contributed by atoms with Gasteiger partial charge in [0.2, 0.25) is 0 Å². The highest BCUT2D eigenvalue weighted by molar-refractivity contribution is 5.97. The van der Waals surface area contributed by atoms with Gasteiger partial charge in [0.15, 0.2) is 0 Å². The lowest BCUT2D eigenvalue weighted by molar-refractivity contribution is -0.435. The zero-order valence-corrected chi connectivity index (χ0v) is 14.7. The summed E-state index contributed by atoms with van der Waals surface area (Å²) in [5.41, 5.74) is -0.778. The SMILES string of the molecule is CCOc1ccc(NC(=O)C(F)(F)C(F)(F)C(F)(F)C(F)(F)C(F)(F)C(F)(F)F)cc1. The first-order chi connectivity index (χ1) is 13.7. The lowest BCUT2D eigenvalue weighted by atomic mass is 9.93. The number of alkyl halides is 13. The monoisotopic (exact) mass is 483 g/mol. The van der Waals surface area contributed by atoms with Gasteiger partial charge in [-0.2, -0.15) is 57.1 Å². The fourth-order valence-electron chi connectivity index (χ4n) is 1.92. The van der Waals surface area contributed by atoms with Gasteiger partial charge in [0.25, 0.3) is 0 Å². The van der Waals surface area contributed by atoms with Gasteiger partial charge in [-0.05, 0) is 31.2 Å². The maximum Gasteiger partial charge on any atom is 0.460 e. The summed E-state index contributed by atoms with van der Waals surface area (Å²) in [7, 11) is 0. The van der Waals surface area contributed by atoms with Crippen LogP contribution in [0.2, 0.25) is 0 Å². The highest BCUT2D eigenvalue weighted by Crippen LogP contribution is 2.60. The first-order valence-electron chi connectivity index (χ1n) is 7.68. The van der Waals surface area contributed by atoms with Crippen molar-refractivity contribution in [3.05, 3.63) is 24.3 Å². The first-order valence-corrected chi connectivity index (χ1v) is 7.68. The Morgan fingerprint density at radius 3 is 1.55 bits per heavy atom. The van der Waals surface area contributed by atoms with Crippen molar-refractivity contribution in [3.8, 4) is 5.75 Å². The van der Waals surface area contributed by atoms with Crippen LogP contribution in [-0.2, 0) is 4.79 Å². The van der Waals surface area contributed by atoms with Gasteiger partial charge in [0.1, 0.15) is 5.75 Å². The third kappa shape index (κ3) is 4.20. The number of carbonyl (C=O) groups is 1. The van der Waals surface area contributed by atoms with E-state index in [-0.39, 0.29) is 12.4 Å². The molecule has 1 N–H and O–H groups in total. The summed E-state index contributed by atoms with van der Waals surface area (Å²) < 4.78 is 174. The smallest absolute Gasteiger partial charge is 0.460 e. The fourth-order valence-corrected chi connectivity index (χ4v) is 1.92. The molecule has 1 aromatic rings. The van der Waals surface area contributed by atoms with Crippen LogP contribution in [0.15, 0.2) is 24.3 Å². The Labute approximate surface area is 164 Å². The van der Waals surface area contributed by atoms with Crippen molar-refractivity contribution in [2.24, 2.45) is 0 Å². The molecular formula is C15H10F13NO2. The van der Waals surface area contributed by atoms with E-state index in [1.54, 1.807) is 0 Å². The van der Waals surface area contributed by atoms with Crippen LogP contribution < -0.4 is 10.1 Å². The molecule has 0 saturated carbocycles. The largest absolute Gasteiger partial charge is 0.494 e. The van der Waals surface area contributed by atoms with Gasteiger partial charge in [-0.25, -0.2) is 0 Å². The molecule has 1 rings (SSSR count). The van der Waals surface area contributed by atoms with E-state index in [1.165, 1.54) is 6.92 Å². The predicted octanol–water partition coefficient (Wildman–Crippen LogP) is 5.76. The van der Waals surface area contributed by atoms with E-state index in [0.717, 1.165) is 29.6 Å². The molecule has 0 aromatic heterocycles. The lowest BCUT2D eigenvalue weighted by Gasteiger charge is -2.39. The van der Waals surface area contributed by atoms with E-state index in [4.69, 9.17) is 4.74 Å². The van der Waals surface area contributed by atoms with Crippen LogP contribution >= 0.6 is 0 Å². The van der Waals surface area contributed by atoms with Gasteiger partial charge < -0.3 is 10.1 Å². The molecule has 0 aliphatic rings. The number of hydrogen-bond donors (Lipinski definition) is 1. The highest BCUT2D eigenvalue weighted by atomic mass is 19.4. The van der Waals surface area contributed by atoms with Crippen molar-refractivity contribution in [3.63, 3.8) is 0 Å². The molecule has 0 saturated heterocycles. The van der Waals surface area contributed by atoms with Crippen LogP contribution in [0.4, 0.5) is 62.8 Å². The molecule has 3 nitrogen and oxygen atoms in total. The zero-order chi connectivity index (χ0) is 24.7. The van der Waals surface area contributed by atoms with Gasteiger partial charge in [0.05, 0.1) is 6.61 Å². The van der Waals surface area contributed by atoms with E-state index in [0.29, 0.717) is 0 Å². The van der Waals surface area contributed by atoms with Crippen molar-refractivity contribution in [2.75, 3.05) is 11.9 Å². The third-order valence-electron chi connectivity index (χ3n) is 3.64. The predicted molar refractivity (Wildman–Crippen MR) is 77.0 cm³/mol. The minimum atomic E-state index is -8.06. The second-order valence-electron chi connectivity index (χ2n) is 5.78. The summed E-state index contributed by atoms with van der Waals surface area (Å²) >= 11 is 0. The molecule has 0 fully saturated rings. The Kier molecular flexibility index (Phi) is 6.81. The summed E-state index contributed by atoms with van der Waals surface area (Å²) in [6.45, 7) is 1.64. The topological polar surface area (TPSA) is 38.3 Å². The number of halogens is 13. The van der Waals surface area contributed by atoms with E-state index in [9.17, 15) is 61.9 Å². The van der Waals surface area contributed by atoms with Gasteiger partial charge in [0, 0.05) is 5.69 Å². The summed E-state index contributed by atoms with van der Waals surface area (Å²) in [4.78, 5) is 11.4. The maximum absolute atomic E-state index is 13.7. The molecule has 0 atom stereocenters. The number of benzene rings is 1. The average Bonchev–Trinajstić information content (AvgIpc) is 2.61. The highest BCUT2D eigenvalue weighted by Gasteiger charge is 2.91. The summed E-state index contributed by atoms with van der Waals surface area (Å²) in [6.07, 6.45) is -7.52. The van der Waals surface area contributed by atoms with E-state index in [1.807, 2.05) is 0 Å². The Hall–Kier alpha value is -2.42. The number of anilines is 1. The van der Waals surface area contributed by atoms with Crippen molar-refractivity contribution in [1.82, 2.24) is 0 Å². The average molecular weight is 483 g/mol. The van der Waals surface area contributed by atoms with E-state index < -0.39 is 47.4 Å². The second-order valence-corrected chi connectivity index (χ2v) is 5.78. The quantitative estimate of drug-likeness (QED) is 0.478. The van der Waals surface area contributed by atoms with Crippen molar-refractivity contribution in [2.45, 2.75) is 42.7 Å². The first kappa shape index (κ1) is 26.6. The number of hydrogen-bond acceptors (Lipinski definition) is 2. The zero-order valence-electron chi connectivity index (χ0n) is 14.7. The van der Waals surface area contributed by atoms with Crippen molar-refractivity contribution in [1.29, 1.82) is 0 Å². The van der Waals surface area contributed by atoms with Gasteiger partial charge in [-0.15, -0.1) is 0 Å². The molecule has 178 valence electrons. The van der Waals surface area contributed by atoms with Crippen LogP contribution in [0, 0.1) is 0 Å². The minimum absolute atomic E-state index is 0.0677. The minimum Gasteiger partial charge on any atom is -0.494 e. The Morgan fingerprint density at radius 2 is 1.16 bits per heavy atom. The molecule has 0 spiro atoms. The molecule has 31 heavy (non-hydrogen) atoms. The number of amides is 1. The van der Waals surface area contributed by atoms with Crippen LogP contribution in [0.5, 0.6) is 5.75 Å². The molecule has 0 unspecified atom stereocenters. The number of ether oxygens (including phenoxy) is 1. The van der Waals surface area contributed by atoms with Gasteiger partial charge >= 0.3 is 41.7 Å². The van der Waals surface area contributed by atoms with Crippen molar-refractivity contribution < 1.29 is 66.6 Å². The number of rotatable bonds is 8. The number of carbonyl (C=O) groups excluding carboxylic acids is 1. The molecule has 0 heterocycles. The fraction of sp³-hybridized carbons (Fsp3) is 0.533. The summed E-state index contributed by atoms with van der Waals surface area (Å²) in [5, 5.41) is 0.938. The molecule has 16 heteroatoms. The standard InChI is InChI=1S/C15H10F13NO2/c1-2-31-8-5-3-7(4-6-8)29-9(30)10(16,17)11(18,19)12(20,21)13(22,23)14(24,25)15(26,27)28/h3-6H,2H2,1H3,(H,29,30). The molecule has 1 amide bonds. The molecular weight excluding hydrogens is 473 g/mol. The maximum atomic E-state index is 13.7. The van der Waals surface area contributed by atoms with E-state index >= 15 is 0 Å². The second kappa shape index (κ2) is 7.93. The lowest BCUT2D eigenvalue weighted by Crippen LogP contribution is -2.71. The van der Waals surface area contributed by atoms with Crippen molar-refractivity contribution >= 4 is 11.6 Å². The Morgan fingerprint density at radius 1 is 0.742 bits per heavy atom. The van der Waals surface area contributed by atoms with E-state index in [2.05, 4.69) is 0 Å². The van der Waals surface area contributed by atoms with Crippen LogP contribution in [-0.4, -0.2) is 48.3 Å². The van der Waals surface area contributed by atoms with Gasteiger partial charge in [-0.1, -0.05) is 0 Å². The molecule has 0 aliphatic heterocycles. The molecule has 0 radical (unpaired) electrons. The molecule has 1 aromatic carbocycles. The summed E-state index contributed by atoms with van der Waals surface area (Å²) in [5.74, 6) is -41.8. The molecule has 0 aliphatic carbocycles. The number of nitrogens with one attached hydrogen (secondary N) is 1. The normalized spacial score (nSPS) is 14.4. The third-order valence-corrected chi connectivity index (χ3v) is 3.64. The van der Waals surface area contributed by atoms with Crippen LogP contribution in [0.3, 0.4) is 0 Å². The Bertz CT molecular complexity index is 787. The summed E-state index contributed by atoms with van der Waals surface area (Å²) in [6, 6.07) is 3.40. The Balaban J connectivity index is 3.30. The van der Waals surface area contributed by atoms with Crippen LogP contribution in [0.25, 0.3) is 0 Å². The van der Waals surface area contributed by atoms with Gasteiger partial charge in [-0.3, -0.25) is 4.79 Å². The van der Waals surface area contributed by atoms with Crippen LogP contribution in [0.1, 0.15) is 6.92 Å².